The number of rotatable bonds is 3. The SMILES string of the molecule is CCN=C/C=C(/C)CC. The van der Waals surface area contributed by atoms with Crippen molar-refractivity contribution in [3.63, 3.8) is 0 Å². The van der Waals surface area contributed by atoms with Gasteiger partial charge in [0.1, 0.15) is 0 Å². The summed E-state index contributed by atoms with van der Waals surface area (Å²) in [5.41, 5.74) is 1.38. The van der Waals surface area contributed by atoms with Gasteiger partial charge in [0, 0.05) is 12.8 Å². The predicted octanol–water partition coefficient (Wildman–Crippen LogP) is 2.43. The van der Waals surface area contributed by atoms with Gasteiger partial charge in [-0.05, 0) is 26.3 Å². The molecule has 9 heavy (non-hydrogen) atoms. The Morgan fingerprint density at radius 1 is 1.44 bits per heavy atom. The minimum Gasteiger partial charge on any atom is -0.293 e. The van der Waals surface area contributed by atoms with Crippen LogP contribution in [0.25, 0.3) is 0 Å². The van der Waals surface area contributed by atoms with E-state index < -0.39 is 0 Å². The Hall–Kier alpha value is -0.590. The fourth-order valence-corrected chi connectivity index (χ4v) is 0.403. The van der Waals surface area contributed by atoms with Gasteiger partial charge in [-0.25, -0.2) is 0 Å². The number of aliphatic imine (C=N–C) groups is 1. The third kappa shape index (κ3) is 5.28. The Kier molecular flexibility index (Phi) is 5.18. The van der Waals surface area contributed by atoms with E-state index >= 15 is 0 Å². The van der Waals surface area contributed by atoms with Crippen LogP contribution >= 0.6 is 0 Å². The molecule has 0 radical (unpaired) electrons. The molecule has 0 aromatic carbocycles. The van der Waals surface area contributed by atoms with Crippen LogP contribution in [0.3, 0.4) is 0 Å². The summed E-state index contributed by atoms with van der Waals surface area (Å²) >= 11 is 0. The number of nitrogens with zero attached hydrogens (tertiary/aromatic N) is 1. The van der Waals surface area contributed by atoms with Crippen LogP contribution in [-0.2, 0) is 0 Å². The van der Waals surface area contributed by atoms with Crippen LogP contribution in [0.5, 0.6) is 0 Å². The first-order valence-electron chi connectivity index (χ1n) is 3.46. The summed E-state index contributed by atoms with van der Waals surface area (Å²) in [5.74, 6) is 0. The summed E-state index contributed by atoms with van der Waals surface area (Å²) in [7, 11) is 0. The first-order valence-corrected chi connectivity index (χ1v) is 3.46. The second-order valence-corrected chi connectivity index (χ2v) is 2.01. The van der Waals surface area contributed by atoms with Gasteiger partial charge in [0.25, 0.3) is 0 Å². The van der Waals surface area contributed by atoms with Crippen molar-refractivity contribution in [2.45, 2.75) is 27.2 Å². The molecule has 0 saturated carbocycles. The van der Waals surface area contributed by atoms with Crippen molar-refractivity contribution in [2.75, 3.05) is 6.54 Å². The molecule has 0 N–H and O–H groups in total. The quantitative estimate of drug-likeness (QED) is 0.514. The summed E-state index contributed by atoms with van der Waals surface area (Å²) in [4.78, 5) is 4.06. The Morgan fingerprint density at radius 2 is 2.11 bits per heavy atom. The average molecular weight is 125 g/mol. The van der Waals surface area contributed by atoms with Gasteiger partial charge in [-0.3, -0.25) is 4.99 Å². The monoisotopic (exact) mass is 125 g/mol. The molecule has 0 amide bonds. The molecule has 0 fully saturated rings. The molecule has 52 valence electrons. The topological polar surface area (TPSA) is 12.4 Å². The van der Waals surface area contributed by atoms with E-state index in [1.165, 1.54) is 5.57 Å². The van der Waals surface area contributed by atoms with E-state index in [2.05, 4.69) is 24.9 Å². The highest BCUT2D eigenvalue weighted by Gasteiger charge is 1.76. The molecular weight excluding hydrogens is 110 g/mol. The Bertz CT molecular complexity index is 112. The molecule has 0 unspecified atom stereocenters. The van der Waals surface area contributed by atoms with E-state index in [1.54, 1.807) is 0 Å². The van der Waals surface area contributed by atoms with E-state index in [1.807, 2.05) is 13.1 Å². The molecule has 0 heterocycles. The second-order valence-electron chi connectivity index (χ2n) is 2.01. The van der Waals surface area contributed by atoms with Gasteiger partial charge in [0.05, 0.1) is 0 Å². The van der Waals surface area contributed by atoms with Gasteiger partial charge >= 0.3 is 0 Å². The maximum absolute atomic E-state index is 4.06. The maximum atomic E-state index is 4.06. The van der Waals surface area contributed by atoms with Gasteiger partial charge in [-0.15, -0.1) is 0 Å². The number of hydrogen-bond donors (Lipinski definition) is 0. The van der Waals surface area contributed by atoms with Gasteiger partial charge in [-0.1, -0.05) is 12.5 Å². The van der Waals surface area contributed by atoms with Crippen molar-refractivity contribution in [1.29, 1.82) is 0 Å². The van der Waals surface area contributed by atoms with E-state index in [9.17, 15) is 0 Å². The molecule has 1 heteroatoms. The van der Waals surface area contributed by atoms with Crippen molar-refractivity contribution < 1.29 is 0 Å². The fraction of sp³-hybridized carbons (Fsp3) is 0.625. The zero-order valence-corrected chi connectivity index (χ0v) is 6.52. The smallest absolute Gasteiger partial charge is 0.0360 e. The van der Waals surface area contributed by atoms with Crippen LogP contribution in [0, 0.1) is 0 Å². The molecule has 0 aliphatic rings. The van der Waals surface area contributed by atoms with Crippen molar-refractivity contribution >= 4 is 6.21 Å². The maximum Gasteiger partial charge on any atom is 0.0360 e. The van der Waals surface area contributed by atoms with E-state index in [4.69, 9.17) is 0 Å². The summed E-state index contributed by atoms with van der Waals surface area (Å²) in [6.45, 7) is 7.17. The lowest BCUT2D eigenvalue weighted by molar-refractivity contribution is 1.10. The van der Waals surface area contributed by atoms with E-state index in [-0.39, 0.29) is 0 Å². The average Bonchev–Trinajstić information content (AvgIpc) is 1.89. The molecule has 0 atom stereocenters. The lowest BCUT2D eigenvalue weighted by Crippen LogP contribution is -1.74. The minimum absolute atomic E-state index is 0.882. The van der Waals surface area contributed by atoms with Crippen molar-refractivity contribution in [3.8, 4) is 0 Å². The molecule has 0 aliphatic heterocycles. The minimum atomic E-state index is 0.882. The Labute approximate surface area is 57.5 Å². The normalized spacial score (nSPS) is 13.0. The van der Waals surface area contributed by atoms with Gasteiger partial charge in [0.15, 0.2) is 0 Å². The number of allylic oxidation sites excluding steroid dienone is 2. The molecule has 0 rings (SSSR count). The first-order chi connectivity index (χ1) is 4.31. The fourth-order valence-electron chi connectivity index (χ4n) is 0.403. The highest BCUT2D eigenvalue weighted by atomic mass is 14.7. The van der Waals surface area contributed by atoms with Crippen LogP contribution in [0.1, 0.15) is 27.2 Å². The summed E-state index contributed by atoms with van der Waals surface area (Å²) in [6, 6.07) is 0. The molecule has 0 bridgehead atoms. The Morgan fingerprint density at radius 3 is 2.56 bits per heavy atom. The largest absolute Gasteiger partial charge is 0.293 e. The summed E-state index contributed by atoms with van der Waals surface area (Å²) in [6.07, 6.45) is 5.05. The molecule has 0 aromatic rings. The molecule has 1 nitrogen and oxygen atoms in total. The zero-order valence-electron chi connectivity index (χ0n) is 6.52. The van der Waals surface area contributed by atoms with Crippen LogP contribution in [0.15, 0.2) is 16.6 Å². The number of hydrogen-bond acceptors (Lipinski definition) is 1. The summed E-state index contributed by atoms with van der Waals surface area (Å²) in [5, 5.41) is 0. The highest BCUT2D eigenvalue weighted by molar-refractivity contribution is 5.71. The second kappa shape index (κ2) is 5.54. The van der Waals surface area contributed by atoms with Crippen LogP contribution < -0.4 is 0 Å². The molecular formula is C8H15N. The zero-order chi connectivity index (χ0) is 7.11. The van der Waals surface area contributed by atoms with Crippen molar-refractivity contribution in [3.05, 3.63) is 11.6 Å². The summed E-state index contributed by atoms with van der Waals surface area (Å²) < 4.78 is 0. The van der Waals surface area contributed by atoms with Gasteiger partial charge in [0.2, 0.25) is 0 Å². The van der Waals surface area contributed by atoms with E-state index in [0.29, 0.717) is 0 Å². The molecule has 0 aliphatic carbocycles. The van der Waals surface area contributed by atoms with Gasteiger partial charge < -0.3 is 0 Å². The third-order valence-corrected chi connectivity index (χ3v) is 1.20. The van der Waals surface area contributed by atoms with Crippen LogP contribution in [0.4, 0.5) is 0 Å². The van der Waals surface area contributed by atoms with Crippen molar-refractivity contribution in [1.82, 2.24) is 0 Å². The molecule has 0 spiro atoms. The predicted molar refractivity (Wildman–Crippen MR) is 43.1 cm³/mol. The van der Waals surface area contributed by atoms with Crippen LogP contribution in [-0.4, -0.2) is 12.8 Å². The van der Waals surface area contributed by atoms with Gasteiger partial charge in [-0.2, -0.15) is 0 Å². The first kappa shape index (κ1) is 8.41. The lowest BCUT2D eigenvalue weighted by atomic mass is 10.2. The van der Waals surface area contributed by atoms with Crippen LogP contribution in [0.2, 0.25) is 0 Å². The highest BCUT2D eigenvalue weighted by Crippen LogP contribution is 1.94. The molecule has 0 aromatic heterocycles. The standard InChI is InChI=1S/C8H15N/c1-4-8(3)6-7-9-5-2/h6-7H,4-5H2,1-3H3/b8-6-,9-7?. The lowest BCUT2D eigenvalue weighted by Gasteiger charge is -1.87. The third-order valence-electron chi connectivity index (χ3n) is 1.20. The molecule has 0 saturated heterocycles. The Balaban J connectivity index is 3.55. The van der Waals surface area contributed by atoms with Crippen molar-refractivity contribution in [2.24, 2.45) is 4.99 Å². The van der Waals surface area contributed by atoms with E-state index in [0.717, 1.165) is 13.0 Å².